The van der Waals surface area contributed by atoms with Gasteiger partial charge in [-0.3, -0.25) is 19.3 Å². The van der Waals surface area contributed by atoms with Gasteiger partial charge in [-0.15, -0.1) is 0 Å². The van der Waals surface area contributed by atoms with Crippen LogP contribution in [0.15, 0.2) is 30.3 Å². The third-order valence-corrected chi connectivity index (χ3v) is 8.35. The van der Waals surface area contributed by atoms with Crippen LogP contribution in [0.3, 0.4) is 0 Å². The minimum Gasteiger partial charge on any atom is -0.481 e. The van der Waals surface area contributed by atoms with E-state index in [-0.39, 0.29) is 10.0 Å². The zero-order valence-electron chi connectivity index (χ0n) is 18.5. The number of hydrogen-bond acceptors (Lipinski definition) is 4. The molecule has 184 valence electrons. The minimum atomic E-state index is -1.62. The predicted octanol–water partition coefficient (Wildman–Crippen LogP) is 5.30. The summed E-state index contributed by atoms with van der Waals surface area (Å²) in [6.07, 6.45) is 2.15. The third kappa shape index (κ3) is 3.63. The van der Waals surface area contributed by atoms with Crippen LogP contribution in [0, 0.1) is 11.8 Å². The first-order chi connectivity index (χ1) is 16.6. The summed E-state index contributed by atoms with van der Waals surface area (Å²) < 4.78 is 0. The number of carboxylic acids is 1. The summed E-state index contributed by atoms with van der Waals surface area (Å²) in [5.41, 5.74) is -0.460. The van der Waals surface area contributed by atoms with Crippen LogP contribution in [-0.2, 0) is 19.9 Å². The largest absolute Gasteiger partial charge is 0.481 e. The fourth-order valence-electron chi connectivity index (χ4n) is 6.08. The summed E-state index contributed by atoms with van der Waals surface area (Å²) >= 11 is 25.0. The molecule has 35 heavy (non-hydrogen) atoms. The highest BCUT2D eigenvalue weighted by Crippen LogP contribution is 2.59. The maximum Gasteiger partial charge on any atom is 0.310 e. The fourth-order valence-corrected chi connectivity index (χ4v) is 7.13. The van der Waals surface area contributed by atoms with Crippen molar-refractivity contribution < 1.29 is 19.5 Å². The van der Waals surface area contributed by atoms with Crippen molar-refractivity contribution in [2.45, 2.75) is 30.8 Å². The number of hydrogen-bond donors (Lipinski definition) is 2. The number of piperidine rings is 1. The van der Waals surface area contributed by atoms with E-state index in [1.807, 2.05) is 4.90 Å². The Morgan fingerprint density at radius 1 is 1.06 bits per heavy atom. The van der Waals surface area contributed by atoms with Gasteiger partial charge in [0.15, 0.2) is 0 Å². The zero-order chi connectivity index (χ0) is 25.2. The average Bonchev–Trinajstić information content (AvgIpc) is 3.26. The molecule has 1 spiro atoms. The number of carbonyl (C=O) groups excluding carboxylic acids is 2. The Morgan fingerprint density at radius 3 is 2.37 bits per heavy atom. The second-order valence-corrected chi connectivity index (χ2v) is 10.9. The lowest BCUT2D eigenvalue weighted by Gasteiger charge is -2.40. The van der Waals surface area contributed by atoms with Crippen molar-refractivity contribution in [1.29, 1.82) is 0 Å². The molecule has 0 aromatic heterocycles. The average molecular weight is 557 g/mol. The third-order valence-electron chi connectivity index (χ3n) is 7.39. The van der Waals surface area contributed by atoms with Crippen LogP contribution < -0.4 is 10.2 Å². The van der Waals surface area contributed by atoms with Gasteiger partial charge in [0.05, 0.1) is 16.6 Å². The molecule has 4 atom stereocenters. The molecule has 7 nitrogen and oxygen atoms in total. The molecular weight excluding hydrogens is 536 g/mol. The lowest BCUT2D eigenvalue weighted by atomic mass is 9.74. The van der Waals surface area contributed by atoms with Crippen molar-refractivity contribution in [2.75, 3.05) is 23.8 Å². The van der Waals surface area contributed by atoms with Crippen LogP contribution in [0.4, 0.5) is 11.4 Å². The van der Waals surface area contributed by atoms with Crippen molar-refractivity contribution in [3.63, 3.8) is 0 Å². The lowest BCUT2D eigenvalue weighted by Crippen LogP contribution is -2.55. The Kier molecular flexibility index (Phi) is 6.21. The van der Waals surface area contributed by atoms with Crippen LogP contribution in [0.2, 0.25) is 20.1 Å². The van der Waals surface area contributed by atoms with Crippen LogP contribution in [0.25, 0.3) is 0 Å². The van der Waals surface area contributed by atoms with Gasteiger partial charge in [-0.05, 0) is 49.7 Å². The summed E-state index contributed by atoms with van der Waals surface area (Å²) in [4.78, 5) is 43.9. The second kappa shape index (κ2) is 8.82. The molecule has 0 bridgehead atoms. The first kappa shape index (κ1) is 24.7. The molecule has 2 fully saturated rings. The van der Waals surface area contributed by atoms with Crippen LogP contribution in [-0.4, -0.2) is 47.4 Å². The van der Waals surface area contributed by atoms with E-state index in [9.17, 15) is 19.5 Å². The summed E-state index contributed by atoms with van der Waals surface area (Å²) in [5.74, 6) is -4.57. The van der Waals surface area contributed by atoms with E-state index >= 15 is 0 Å². The predicted molar refractivity (Wildman–Crippen MR) is 136 cm³/mol. The first-order valence-electron chi connectivity index (χ1n) is 11.1. The molecule has 0 saturated carbocycles. The van der Waals surface area contributed by atoms with Crippen molar-refractivity contribution in [1.82, 2.24) is 4.90 Å². The van der Waals surface area contributed by atoms with Crippen molar-refractivity contribution in [2.24, 2.45) is 11.8 Å². The van der Waals surface area contributed by atoms with E-state index < -0.39 is 41.2 Å². The molecule has 0 radical (unpaired) electrons. The van der Waals surface area contributed by atoms with Crippen molar-refractivity contribution >= 4 is 75.6 Å². The normalized spacial score (nSPS) is 27.5. The Balaban J connectivity index is 1.69. The number of rotatable bonds is 3. The molecule has 2 amide bonds. The fraction of sp³-hybridized carbons (Fsp3) is 0.375. The van der Waals surface area contributed by atoms with Gasteiger partial charge in [0, 0.05) is 39.4 Å². The molecule has 11 heteroatoms. The van der Waals surface area contributed by atoms with E-state index in [2.05, 4.69) is 5.32 Å². The van der Waals surface area contributed by atoms with Gasteiger partial charge in [-0.1, -0.05) is 52.8 Å². The number of carboxylic acid groups (broad SMARTS) is 1. The Morgan fingerprint density at radius 2 is 1.71 bits per heavy atom. The van der Waals surface area contributed by atoms with Gasteiger partial charge in [0.25, 0.3) is 5.91 Å². The van der Waals surface area contributed by atoms with E-state index in [1.54, 1.807) is 31.3 Å². The van der Waals surface area contributed by atoms with Gasteiger partial charge in [0.1, 0.15) is 11.5 Å². The Bertz CT molecular complexity index is 1250. The van der Waals surface area contributed by atoms with E-state index in [4.69, 9.17) is 46.4 Å². The molecule has 0 aliphatic carbocycles. The number of fused-ring (bicyclic) bond motifs is 4. The SMILES string of the molecule is CN(C(=O)C1C2CCCCN2C2(C(=O)Nc3c(Cl)cc(Cl)cc32)C1C(=O)O)c1cc(Cl)cc(Cl)c1. The summed E-state index contributed by atoms with van der Waals surface area (Å²) in [7, 11) is 1.55. The molecule has 3 heterocycles. The molecule has 2 N–H and O–H groups in total. The van der Waals surface area contributed by atoms with Gasteiger partial charge < -0.3 is 15.3 Å². The maximum atomic E-state index is 14.0. The second-order valence-electron chi connectivity index (χ2n) is 9.15. The highest BCUT2D eigenvalue weighted by Gasteiger charge is 2.71. The number of benzene rings is 2. The Labute approximate surface area is 221 Å². The molecule has 4 unspecified atom stereocenters. The number of carbonyl (C=O) groups is 3. The quantitative estimate of drug-likeness (QED) is 0.535. The van der Waals surface area contributed by atoms with Crippen LogP contribution >= 0.6 is 46.4 Å². The molecular formula is C24H21Cl4N3O4. The summed E-state index contributed by atoms with van der Waals surface area (Å²) in [5, 5.41) is 14.5. The van der Waals surface area contributed by atoms with E-state index in [1.165, 1.54) is 11.0 Å². The number of nitrogens with one attached hydrogen (secondary N) is 1. The zero-order valence-corrected chi connectivity index (χ0v) is 21.5. The van der Waals surface area contributed by atoms with Crippen molar-refractivity contribution in [3.8, 4) is 0 Å². The van der Waals surface area contributed by atoms with Crippen LogP contribution in [0.5, 0.6) is 0 Å². The smallest absolute Gasteiger partial charge is 0.310 e. The highest BCUT2D eigenvalue weighted by atomic mass is 35.5. The van der Waals surface area contributed by atoms with E-state index in [0.29, 0.717) is 39.9 Å². The number of nitrogens with zero attached hydrogens (tertiary/aromatic N) is 2. The van der Waals surface area contributed by atoms with Gasteiger partial charge in [-0.2, -0.15) is 0 Å². The first-order valence-corrected chi connectivity index (χ1v) is 12.6. The summed E-state index contributed by atoms with van der Waals surface area (Å²) in [6.45, 7) is 0.460. The number of halogens is 4. The van der Waals surface area contributed by atoms with Gasteiger partial charge in [0.2, 0.25) is 5.91 Å². The monoisotopic (exact) mass is 555 g/mol. The van der Waals surface area contributed by atoms with Gasteiger partial charge in [-0.25, -0.2) is 0 Å². The highest BCUT2D eigenvalue weighted by molar-refractivity contribution is 6.38. The molecule has 2 aromatic carbocycles. The standard InChI is InChI=1S/C24H21Cl4N3O4/c1-30(14-7-11(25)6-12(26)8-14)21(32)18-17-4-2-3-5-31(17)24(19(18)22(33)34)15-9-13(27)10-16(28)20(15)29-23(24)35/h6-10,17-19H,2-5H2,1H3,(H,29,35)(H,33,34). The number of anilines is 2. The Hall–Kier alpha value is -2.03. The van der Waals surface area contributed by atoms with E-state index in [0.717, 1.165) is 12.8 Å². The number of amides is 2. The number of aliphatic carboxylic acids is 1. The maximum absolute atomic E-state index is 14.0. The van der Waals surface area contributed by atoms with Gasteiger partial charge >= 0.3 is 5.97 Å². The molecule has 3 aliphatic rings. The lowest BCUT2D eigenvalue weighted by molar-refractivity contribution is -0.152. The molecule has 2 aromatic rings. The minimum absolute atomic E-state index is 0.218. The molecule has 5 rings (SSSR count). The van der Waals surface area contributed by atoms with Crippen LogP contribution in [0.1, 0.15) is 24.8 Å². The topological polar surface area (TPSA) is 90.0 Å². The molecule has 3 aliphatic heterocycles. The van der Waals surface area contributed by atoms with Crippen molar-refractivity contribution in [3.05, 3.63) is 56.0 Å². The summed E-state index contributed by atoms with van der Waals surface area (Å²) in [6, 6.07) is 7.33. The molecule has 2 saturated heterocycles.